The molecule has 0 atom stereocenters. The molecule has 98 valence electrons. The minimum Gasteiger partial charge on any atom is -0.325 e. The third-order valence-electron chi connectivity index (χ3n) is 3.22. The molecule has 0 bridgehead atoms. The number of hydrogen-bond donors (Lipinski definition) is 1. The molecule has 4 heteroatoms. The molecule has 0 saturated heterocycles. The number of nitrogens with zero attached hydrogens (tertiary/aromatic N) is 2. The minimum atomic E-state index is -0.0410. The average molecular weight is 263 g/mol. The van der Waals surface area contributed by atoms with Crippen molar-refractivity contribution in [3.05, 3.63) is 71.8 Å². The summed E-state index contributed by atoms with van der Waals surface area (Å²) in [5.41, 5.74) is 7.50. The Balaban J connectivity index is 2.12. The van der Waals surface area contributed by atoms with E-state index in [2.05, 4.69) is 9.97 Å². The van der Waals surface area contributed by atoms with E-state index in [9.17, 15) is 4.79 Å². The van der Waals surface area contributed by atoms with Gasteiger partial charge in [-0.2, -0.15) is 0 Å². The molecule has 4 nitrogen and oxygen atoms in total. The Labute approximate surface area is 116 Å². The maximum absolute atomic E-state index is 12.6. The molecule has 0 aliphatic rings. The van der Waals surface area contributed by atoms with Crippen LogP contribution in [0.3, 0.4) is 0 Å². The molecule has 0 amide bonds. The van der Waals surface area contributed by atoms with Crippen molar-refractivity contribution in [2.24, 2.45) is 5.73 Å². The molecule has 0 spiro atoms. The van der Waals surface area contributed by atoms with Crippen LogP contribution in [-0.2, 0) is 6.54 Å². The molecule has 0 radical (unpaired) electrons. The molecule has 2 heterocycles. The van der Waals surface area contributed by atoms with Gasteiger partial charge in [-0.25, -0.2) is 0 Å². The first kappa shape index (κ1) is 12.4. The summed E-state index contributed by atoms with van der Waals surface area (Å²) >= 11 is 0. The molecular formula is C16H13N3O. The fourth-order valence-electron chi connectivity index (χ4n) is 2.20. The summed E-state index contributed by atoms with van der Waals surface area (Å²) in [6.45, 7) is 0.318. The quantitative estimate of drug-likeness (QED) is 0.736. The molecule has 2 N–H and O–H groups in total. The highest BCUT2D eigenvalue weighted by atomic mass is 16.1. The summed E-state index contributed by atoms with van der Waals surface area (Å²) in [4.78, 5) is 20.8. The second-order valence-electron chi connectivity index (χ2n) is 4.47. The van der Waals surface area contributed by atoms with E-state index in [1.165, 1.54) is 0 Å². The lowest BCUT2D eigenvalue weighted by Crippen LogP contribution is -2.06. The van der Waals surface area contributed by atoms with Gasteiger partial charge in [0.15, 0.2) is 5.78 Å². The Morgan fingerprint density at radius 3 is 2.90 bits per heavy atom. The maximum Gasteiger partial charge on any atom is 0.193 e. The zero-order chi connectivity index (χ0) is 13.9. The van der Waals surface area contributed by atoms with Crippen LogP contribution in [-0.4, -0.2) is 15.8 Å². The predicted molar refractivity (Wildman–Crippen MR) is 77.3 cm³/mol. The largest absolute Gasteiger partial charge is 0.325 e. The van der Waals surface area contributed by atoms with Gasteiger partial charge < -0.3 is 5.73 Å². The van der Waals surface area contributed by atoms with E-state index in [0.717, 1.165) is 10.8 Å². The van der Waals surface area contributed by atoms with Gasteiger partial charge in [0.05, 0.1) is 5.69 Å². The van der Waals surface area contributed by atoms with Crippen molar-refractivity contribution >= 4 is 16.6 Å². The van der Waals surface area contributed by atoms with Crippen molar-refractivity contribution in [3.63, 3.8) is 0 Å². The van der Waals surface area contributed by atoms with Crippen LogP contribution in [0.2, 0.25) is 0 Å². The van der Waals surface area contributed by atoms with Gasteiger partial charge in [-0.3, -0.25) is 14.8 Å². The van der Waals surface area contributed by atoms with Gasteiger partial charge in [-0.05, 0) is 23.6 Å². The fraction of sp³-hybridized carbons (Fsp3) is 0.0625. The van der Waals surface area contributed by atoms with Crippen molar-refractivity contribution in [3.8, 4) is 0 Å². The average Bonchev–Trinajstić information content (AvgIpc) is 2.53. The van der Waals surface area contributed by atoms with Crippen LogP contribution in [0.15, 0.2) is 55.0 Å². The number of rotatable bonds is 3. The molecule has 1 aromatic carbocycles. The van der Waals surface area contributed by atoms with Crippen molar-refractivity contribution in [1.82, 2.24) is 9.97 Å². The molecule has 3 rings (SSSR count). The highest BCUT2D eigenvalue weighted by Gasteiger charge is 2.13. The summed E-state index contributed by atoms with van der Waals surface area (Å²) in [6.07, 6.45) is 5.04. The summed E-state index contributed by atoms with van der Waals surface area (Å²) in [7, 11) is 0. The second kappa shape index (κ2) is 5.19. The van der Waals surface area contributed by atoms with Crippen LogP contribution in [0.4, 0.5) is 0 Å². The minimum absolute atomic E-state index is 0.0410. The Morgan fingerprint density at radius 2 is 2.05 bits per heavy atom. The first-order valence-corrected chi connectivity index (χ1v) is 6.32. The number of fused-ring (bicyclic) bond motifs is 1. The molecule has 0 fully saturated rings. The maximum atomic E-state index is 12.6. The number of benzene rings is 1. The zero-order valence-electron chi connectivity index (χ0n) is 10.8. The molecule has 0 unspecified atom stereocenters. The van der Waals surface area contributed by atoms with Crippen LogP contribution >= 0.6 is 0 Å². The Morgan fingerprint density at radius 1 is 1.15 bits per heavy atom. The summed E-state index contributed by atoms with van der Waals surface area (Å²) in [5, 5.41) is 1.85. The first-order chi connectivity index (χ1) is 9.79. The van der Waals surface area contributed by atoms with Gasteiger partial charge in [-0.1, -0.05) is 18.2 Å². The number of hydrogen-bond acceptors (Lipinski definition) is 4. The number of carbonyl (C=O) groups excluding carboxylic acids is 1. The van der Waals surface area contributed by atoms with Crippen molar-refractivity contribution in [1.29, 1.82) is 0 Å². The first-order valence-electron chi connectivity index (χ1n) is 6.32. The smallest absolute Gasteiger partial charge is 0.193 e. The van der Waals surface area contributed by atoms with E-state index >= 15 is 0 Å². The number of nitrogens with two attached hydrogens (primary N) is 1. The van der Waals surface area contributed by atoms with Crippen LogP contribution in [0, 0.1) is 0 Å². The molecule has 0 aliphatic carbocycles. The number of aromatic nitrogens is 2. The molecule has 0 saturated carbocycles. The molecule has 20 heavy (non-hydrogen) atoms. The van der Waals surface area contributed by atoms with Crippen molar-refractivity contribution in [2.45, 2.75) is 6.54 Å². The predicted octanol–water partition coefficient (Wildman–Crippen LogP) is 2.32. The second-order valence-corrected chi connectivity index (χ2v) is 4.47. The summed E-state index contributed by atoms with van der Waals surface area (Å²) in [5.74, 6) is -0.0410. The monoisotopic (exact) mass is 263 g/mol. The van der Waals surface area contributed by atoms with Gasteiger partial charge in [0.25, 0.3) is 0 Å². The third-order valence-corrected chi connectivity index (χ3v) is 3.22. The van der Waals surface area contributed by atoms with Gasteiger partial charge in [-0.15, -0.1) is 0 Å². The lowest BCUT2D eigenvalue weighted by Gasteiger charge is -2.06. The van der Waals surface area contributed by atoms with E-state index < -0.39 is 0 Å². The number of pyridine rings is 2. The summed E-state index contributed by atoms with van der Waals surface area (Å²) < 4.78 is 0. The Bertz CT molecular complexity index is 778. The van der Waals surface area contributed by atoms with Crippen LogP contribution < -0.4 is 5.73 Å². The molecular weight excluding hydrogens is 250 g/mol. The standard InChI is InChI=1S/C16H13N3O/c17-9-13-8-12(5-7-19-13)16(20)14-3-1-2-11-4-6-18-10-15(11)14/h1-8,10H,9,17H2. The van der Waals surface area contributed by atoms with Gasteiger partial charge in [0.2, 0.25) is 0 Å². The van der Waals surface area contributed by atoms with Crippen LogP contribution in [0.5, 0.6) is 0 Å². The van der Waals surface area contributed by atoms with Gasteiger partial charge >= 0.3 is 0 Å². The topological polar surface area (TPSA) is 68.9 Å². The number of carbonyl (C=O) groups is 1. The van der Waals surface area contributed by atoms with Gasteiger partial charge in [0, 0.05) is 41.6 Å². The van der Waals surface area contributed by atoms with Gasteiger partial charge in [0.1, 0.15) is 0 Å². The summed E-state index contributed by atoms with van der Waals surface area (Å²) in [6, 6.07) is 11.0. The van der Waals surface area contributed by atoms with Crippen molar-refractivity contribution in [2.75, 3.05) is 0 Å². The highest BCUT2D eigenvalue weighted by Crippen LogP contribution is 2.20. The van der Waals surface area contributed by atoms with E-state index in [4.69, 9.17) is 5.73 Å². The third kappa shape index (κ3) is 2.17. The van der Waals surface area contributed by atoms with E-state index in [0.29, 0.717) is 23.4 Å². The van der Waals surface area contributed by atoms with E-state index in [1.807, 2.05) is 24.3 Å². The van der Waals surface area contributed by atoms with Crippen LogP contribution in [0.1, 0.15) is 21.6 Å². The lowest BCUT2D eigenvalue weighted by molar-refractivity contribution is 0.104. The molecule has 2 aromatic heterocycles. The zero-order valence-corrected chi connectivity index (χ0v) is 10.8. The number of ketones is 1. The van der Waals surface area contributed by atoms with E-state index in [1.54, 1.807) is 30.7 Å². The SMILES string of the molecule is NCc1cc(C(=O)c2cccc3ccncc23)ccn1. The Hall–Kier alpha value is -2.59. The normalized spacial score (nSPS) is 10.7. The highest BCUT2D eigenvalue weighted by molar-refractivity contribution is 6.16. The lowest BCUT2D eigenvalue weighted by atomic mass is 9.99. The van der Waals surface area contributed by atoms with E-state index in [-0.39, 0.29) is 5.78 Å². The van der Waals surface area contributed by atoms with Crippen LogP contribution in [0.25, 0.3) is 10.8 Å². The molecule has 0 aliphatic heterocycles. The molecule has 3 aromatic rings. The Kier molecular flexibility index (Phi) is 3.23. The van der Waals surface area contributed by atoms with Crippen molar-refractivity contribution < 1.29 is 4.79 Å². The fourth-order valence-corrected chi connectivity index (χ4v) is 2.20.